The molecule has 0 bridgehead atoms. The molecule has 1 saturated heterocycles. The van der Waals surface area contributed by atoms with E-state index in [1.54, 1.807) is 0 Å². The minimum absolute atomic E-state index is 0.447. The van der Waals surface area contributed by atoms with Gasteiger partial charge < -0.3 is 5.11 Å². The van der Waals surface area contributed by atoms with Crippen molar-refractivity contribution in [1.82, 2.24) is 3.11 Å². The van der Waals surface area contributed by atoms with Crippen molar-refractivity contribution in [3.8, 4) is 0 Å². The zero-order valence-electron chi connectivity index (χ0n) is 9.09. The minimum atomic E-state index is -0.447. The van der Waals surface area contributed by atoms with Crippen LogP contribution in [0, 0.1) is 0 Å². The second kappa shape index (κ2) is 5.47. The van der Waals surface area contributed by atoms with Gasteiger partial charge in [-0.15, -0.1) is 0 Å². The summed E-state index contributed by atoms with van der Waals surface area (Å²) in [5.74, 6) is 0. The number of aliphatic hydroxyl groups is 1. The lowest BCUT2D eigenvalue weighted by molar-refractivity contribution is 0.0301. The third kappa shape index (κ3) is 4.28. The van der Waals surface area contributed by atoms with Crippen LogP contribution in [0.5, 0.6) is 0 Å². The first kappa shape index (κ1) is 12.5. The minimum Gasteiger partial charge on any atom is -0.390 e. The predicted octanol–water partition coefficient (Wildman–Crippen LogP) is 2.91. The monoisotopic (exact) mass is 309 g/mol. The van der Waals surface area contributed by atoms with Gasteiger partial charge in [0.15, 0.2) is 0 Å². The van der Waals surface area contributed by atoms with Gasteiger partial charge in [-0.05, 0) is 39.5 Å². The third-order valence-corrected chi connectivity index (χ3v) is 3.72. The number of hydrogen-bond acceptors (Lipinski definition) is 2. The number of halogens is 1. The van der Waals surface area contributed by atoms with E-state index in [-0.39, 0.29) is 0 Å². The van der Waals surface area contributed by atoms with Crippen molar-refractivity contribution in [3.05, 3.63) is 11.6 Å². The molecule has 1 atom stereocenters. The lowest BCUT2D eigenvalue weighted by Gasteiger charge is -2.25. The molecule has 1 aliphatic rings. The Labute approximate surface area is 101 Å². The summed E-state index contributed by atoms with van der Waals surface area (Å²) in [6.45, 7) is 6.29. The molecule has 82 valence electrons. The van der Waals surface area contributed by atoms with Gasteiger partial charge in [-0.25, -0.2) is 3.11 Å². The van der Waals surface area contributed by atoms with Gasteiger partial charge in [0, 0.05) is 36.0 Å². The van der Waals surface area contributed by atoms with Crippen LogP contribution in [0.4, 0.5) is 0 Å². The zero-order chi connectivity index (χ0) is 10.6. The highest BCUT2D eigenvalue weighted by Gasteiger charge is 2.28. The van der Waals surface area contributed by atoms with E-state index >= 15 is 0 Å². The highest BCUT2D eigenvalue weighted by Crippen LogP contribution is 2.27. The molecule has 0 aromatic rings. The number of rotatable bonds is 2. The van der Waals surface area contributed by atoms with Gasteiger partial charge in [-0.2, -0.15) is 0 Å². The maximum Gasteiger partial charge on any atom is 0.0695 e. The molecule has 1 aliphatic heterocycles. The largest absolute Gasteiger partial charge is 0.390 e. The SMILES string of the molecule is CC(C)=CCC1(O)CCCN(I)CC1. The molecule has 14 heavy (non-hydrogen) atoms. The van der Waals surface area contributed by atoms with Crippen LogP contribution in [0.25, 0.3) is 0 Å². The molecular weight excluding hydrogens is 289 g/mol. The molecule has 0 radical (unpaired) electrons. The molecule has 0 spiro atoms. The van der Waals surface area contributed by atoms with E-state index in [1.165, 1.54) is 5.57 Å². The Balaban J connectivity index is 2.50. The van der Waals surface area contributed by atoms with Crippen LogP contribution in [0.15, 0.2) is 11.6 Å². The van der Waals surface area contributed by atoms with Crippen LogP contribution in [-0.4, -0.2) is 26.9 Å². The molecule has 0 saturated carbocycles. The van der Waals surface area contributed by atoms with Gasteiger partial charge in [0.05, 0.1) is 5.60 Å². The Morgan fingerprint density at radius 3 is 2.79 bits per heavy atom. The first-order valence-corrected chi connectivity index (χ1v) is 6.25. The maximum absolute atomic E-state index is 10.3. The molecule has 1 unspecified atom stereocenters. The average Bonchev–Trinajstić information content (AvgIpc) is 2.27. The van der Waals surface area contributed by atoms with Gasteiger partial charge in [-0.1, -0.05) is 11.6 Å². The van der Waals surface area contributed by atoms with Crippen molar-refractivity contribution in [3.63, 3.8) is 0 Å². The molecule has 3 heteroatoms. The lowest BCUT2D eigenvalue weighted by atomic mass is 9.90. The highest BCUT2D eigenvalue weighted by atomic mass is 127. The molecule has 0 aromatic carbocycles. The summed E-state index contributed by atoms with van der Waals surface area (Å²) in [6.07, 6.45) is 5.93. The molecule has 1 fully saturated rings. The van der Waals surface area contributed by atoms with Crippen LogP contribution in [0.3, 0.4) is 0 Å². The summed E-state index contributed by atoms with van der Waals surface area (Å²) in [6, 6.07) is 0. The number of hydrogen-bond donors (Lipinski definition) is 1. The normalized spacial score (nSPS) is 29.7. The van der Waals surface area contributed by atoms with Crippen molar-refractivity contribution in [2.45, 2.75) is 45.1 Å². The number of nitrogens with zero attached hydrogens (tertiary/aromatic N) is 1. The van der Waals surface area contributed by atoms with Crippen LogP contribution in [0.2, 0.25) is 0 Å². The van der Waals surface area contributed by atoms with E-state index < -0.39 is 5.60 Å². The zero-order valence-corrected chi connectivity index (χ0v) is 11.2. The number of allylic oxidation sites excluding steroid dienone is 1. The smallest absolute Gasteiger partial charge is 0.0695 e. The predicted molar refractivity (Wildman–Crippen MR) is 68.4 cm³/mol. The Morgan fingerprint density at radius 2 is 2.14 bits per heavy atom. The Hall–Kier alpha value is 0.390. The standard InChI is InChI=1S/C11H20INO/c1-10(2)4-6-11(14)5-3-8-13(12)9-7-11/h4,14H,3,5-9H2,1-2H3. The molecule has 0 amide bonds. The summed E-state index contributed by atoms with van der Waals surface area (Å²) in [4.78, 5) is 0. The first-order chi connectivity index (χ1) is 6.52. The lowest BCUT2D eigenvalue weighted by Crippen LogP contribution is -2.28. The van der Waals surface area contributed by atoms with Crippen molar-refractivity contribution in [2.24, 2.45) is 0 Å². The van der Waals surface area contributed by atoms with E-state index in [0.29, 0.717) is 0 Å². The van der Waals surface area contributed by atoms with E-state index in [1.807, 2.05) is 0 Å². The molecule has 0 aromatic heterocycles. The quantitative estimate of drug-likeness (QED) is 0.482. The molecule has 1 N–H and O–H groups in total. The summed E-state index contributed by atoms with van der Waals surface area (Å²) in [5.41, 5.74) is 0.853. The topological polar surface area (TPSA) is 23.5 Å². The van der Waals surface area contributed by atoms with E-state index in [9.17, 15) is 5.11 Å². The fourth-order valence-corrected chi connectivity index (χ4v) is 2.33. The second-order valence-corrected chi connectivity index (χ2v) is 5.84. The fourth-order valence-electron chi connectivity index (χ4n) is 1.74. The van der Waals surface area contributed by atoms with Gasteiger partial charge in [0.1, 0.15) is 0 Å². The van der Waals surface area contributed by atoms with Crippen LogP contribution in [-0.2, 0) is 0 Å². The van der Waals surface area contributed by atoms with E-state index in [4.69, 9.17) is 0 Å². The van der Waals surface area contributed by atoms with E-state index in [0.717, 1.165) is 38.8 Å². The maximum atomic E-state index is 10.3. The molecule has 0 aliphatic carbocycles. The molecule has 2 nitrogen and oxygen atoms in total. The third-order valence-electron chi connectivity index (χ3n) is 2.75. The van der Waals surface area contributed by atoms with Crippen LogP contribution >= 0.6 is 22.9 Å². The van der Waals surface area contributed by atoms with Crippen LogP contribution in [0.1, 0.15) is 39.5 Å². The van der Waals surface area contributed by atoms with Gasteiger partial charge in [-0.3, -0.25) is 0 Å². The molecule has 1 rings (SSSR count). The van der Waals surface area contributed by atoms with Crippen molar-refractivity contribution in [1.29, 1.82) is 0 Å². The van der Waals surface area contributed by atoms with Gasteiger partial charge >= 0.3 is 0 Å². The fraction of sp³-hybridized carbons (Fsp3) is 0.818. The molecule has 1 heterocycles. The Bertz CT molecular complexity index is 213. The first-order valence-electron chi connectivity index (χ1n) is 5.28. The summed E-state index contributed by atoms with van der Waals surface area (Å²) >= 11 is 2.35. The van der Waals surface area contributed by atoms with Crippen LogP contribution < -0.4 is 0 Å². The van der Waals surface area contributed by atoms with Crippen molar-refractivity contribution >= 4 is 22.9 Å². The average molecular weight is 309 g/mol. The Morgan fingerprint density at radius 1 is 1.43 bits per heavy atom. The summed E-state index contributed by atoms with van der Waals surface area (Å²) in [7, 11) is 0. The van der Waals surface area contributed by atoms with E-state index in [2.05, 4.69) is 45.9 Å². The Kier molecular flexibility index (Phi) is 4.87. The van der Waals surface area contributed by atoms with Gasteiger partial charge in [0.2, 0.25) is 0 Å². The summed E-state index contributed by atoms with van der Waals surface area (Å²) in [5, 5.41) is 10.3. The van der Waals surface area contributed by atoms with Gasteiger partial charge in [0.25, 0.3) is 0 Å². The van der Waals surface area contributed by atoms with Crippen molar-refractivity contribution < 1.29 is 5.11 Å². The summed E-state index contributed by atoms with van der Waals surface area (Å²) < 4.78 is 2.28. The highest BCUT2D eigenvalue weighted by molar-refractivity contribution is 14.1. The molecular formula is C11H20INO. The van der Waals surface area contributed by atoms with Crippen molar-refractivity contribution in [2.75, 3.05) is 13.1 Å². The second-order valence-electron chi connectivity index (χ2n) is 4.47.